The maximum absolute atomic E-state index is 12.7. The SMILES string of the molecule is CCn1cc(C(=O)NCC(C)(C)N2CCOCC2)c2ccccc21. The number of benzene rings is 1. The van der Waals surface area contributed by atoms with Crippen molar-refractivity contribution in [3.8, 4) is 0 Å². The summed E-state index contributed by atoms with van der Waals surface area (Å²) < 4.78 is 7.54. The number of aromatic nitrogens is 1. The van der Waals surface area contributed by atoms with Gasteiger partial charge >= 0.3 is 0 Å². The summed E-state index contributed by atoms with van der Waals surface area (Å²) in [6.45, 7) is 11.3. The van der Waals surface area contributed by atoms with Gasteiger partial charge in [0.1, 0.15) is 0 Å². The molecule has 130 valence electrons. The van der Waals surface area contributed by atoms with E-state index in [4.69, 9.17) is 4.74 Å². The van der Waals surface area contributed by atoms with Crippen LogP contribution in [0.2, 0.25) is 0 Å². The highest BCUT2D eigenvalue weighted by molar-refractivity contribution is 6.07. The molecule has 3 rings (SSSR count). The lowest BCUT2D eigenvalue weighted by Crippen LogP contribution is -2.55. The standard InChI is InChI=1S/C19H27N3O2/c1-4-21-13-16(15-7-5-6-8-17(15)21)18(23)20-14-19(2,3)22-9-11-24-12-10-22/h5-8,13H,4,9-12,14H2,1-3H3,(H,20,23). The number of nitrogens with one attached hydrogen (secondary N) is 1. The number of rotatable bonds is 5. The molecule has 2 heterocycles. The highest BCUT2D eigenvalue weighted by Crippen LogP contribution is 2.22. The number of morpholine rings is 1. The van der Waals surface area contributed by atoms with E-state index < -0.39 is 0 Å². The van der Waals surface area contributed by atoms with Crippen LogP contribution in [0, 0.1) is 0 Å². The van der Waals surface area contributed by atoms with Gasteiger partial charge in [0, 0.05) is 48.8 Å². The number of carbonyl (C=O) groups is 1. The van der Waals surface area contributed by atoms with Crippen molar-refractivity contribution < 1.29 is 9.53 Å². The lowest BCUT2D eigenvalue weighted by atomic mass is 10.0. The molecule has 1 saturated heterocycles. The van der Waals surface area contributed by atoms with Crippen LogP contribution in [-0.4, -0.2) is 53.8 Å². The van der Waals surface area contributed by atoms with Gasteiger partial charge in [-0.2, -0.15) is 0 Å². The Bertz CT molecular complexity index is 714. The van der Waals surface area contributed by atoms with E-state index in [1.165, 1.54) is 0 Å². The molecule has 0 unspecified atom stereocenters. The summed E-state index contributed by atoms with van der Waals surface area (Å²) in [5, 5.41) is 4.15. The Labute approximate surface area is 143 Å². The number of carbonyl (C=O) groups excluding carboxylic acids is 1. The number of ether oxygens (including phenoxy) is 1. The van der Waals surface area contributed by atoms with Gasteiger partial charge in [0.05, 0.1) is 18.8 Å². The van der Waals surface area contributed by atoms with Gasteiger partial charge in [0.2, 0.25) is 0 Å². The third kappa shape index (κ3) is 3.32. The highest BCUT2D eigenvalue weighted by atomic mass is 16.5. The third-order valence-electron chi connectivity index (χ3n) is 4.92. The first-order valence-corrected chi connectivity index (χ1v) is 8.72. The van der Waals surface area contributed by atoms with Crippen LogP contribution in [0.5, 0.6) is 0 Å². The molecule has 1 fully saturated rings. The molecule has 24 heavy (non-hydrogen) atoms. The van der Waals surface area contributed by atoms with Crippen molar-refractivity contribution in [2.45, 2.75) is 32.9 Å². The number of hydrogen-bond donors (Lipinski definition) is 1. The molecule has 0 bridgehead atoms. The number of hydrogen-bond acceptors (Lipinski definition) is 3. The van der Waals surface area contributed by atoms with Crippen LogP contribution >= 0.6 is 0 Å². The van der Waals surface area contributed by atoms with E-state index in [0.29, 0.717) is 6.54 Å². The molecule has 0 spiro atoms. The zero-order valence-corrected chi connectivity index (χ0v) is 14.8. The number of para-hydroxylation sites is 1. The summed E-state index contributed by atoms with van der Waals surface area (Å²) >= 11 is 0. The first-order valence-electron chi connectivity index (χ1n) is 8.72. The smallest absolute Gasteiger partial charge is 0.253 e. The third-order valence-corrected chi connectivity index (χ3v) is 4.92. The largest absolute Gasteiger partial charge is 0.379 e. The predicted molar refractivity (Wildman–Crippen MR) is 96.4 cm³/mol. The van der Waals surface area contributed by atoms with Gasteiger partial charge in [0.15, 0.2) is 0 Å². The second kappa shape index (κ2) is 6.95. The van der Waals surface area contributed by atoms with E-state index in [9.17, 15) is 4.79 Å². The Morgan fingerprint density at radius 3 is 2.67 bits per heavy atom. The Morgan fingerprint density at radius 1 is 1.25 bits per heavy atom. The summed E-state index contributed by atoms with van der Waals surface area (Å²) in [7, 11) is 0. The van der Waals surface area contributed by atoms with Gasteiger partial charge in [-0.15, -0.1) is 0 Å². The molecule has 1 aliphatic heterocycles. The molecule has 0 aliphatic carbocycles. The molecule has 1 amide bonds. The van der Waals surface area contributed by atoms with Crippen molar-refractivity contribution in [3.05, 3.63) is 36.0 Å². The van der Waals surface area contributed by atoms with Gasteiger partial charge < -0.3 is 14.6 Å². The maximum atomic E-state index is 12.7. The second-order valence-electron chi connectivity index (χ2n) is 6.94. The fourth-order valence-corrected chi connectivity index (χ4v) is 3.36. The summed E-state index contributed by atoms with van der Waals surface area (Å²) in [5.41, 5.74) is 1.78. The Morgan fingerprint density at radius 2 is 1.96 bits per heavy atom. The molecular weight excluding hydrogens is 302 g/mol. The van der Waals surface area contributed by atoms with E-state index >= 15 is 0 Å². The van der Waals surface area contributed by atoms with Crippen LogP contribution in [0.25, 0.3) is 10.9 Å². The summed E-state index contributed by atoms with van der Waals surface area (Å²) in [6, 6.07) is 8.07. The first kappa shape index (κ1) is 17.0. The van der Waals surface area contributed by atoms with Gasteiger partial charge in [-0.05, 0) is 26.8 Å². The van der Waals surface area contributed by atoms with Crippen molar-refractivity contribution in [1.82, 2.24) is 14.8 Å². The van der Waals surface area contributed by atoms with Crippen LogP contribution in [0.15, 0.2) is 30.5 Å². The Kier molecular flexibility index (Phi) is 4.92. The van der Waals surface area contributed by atoms with Crippen molar-refractivity contribution in [3.63, 3.8) is 0 Å². The molecule has 1 N–H and O–H groups in total. The summed E-state index contributed by atoms with van der Waals surface area (Å²) in [5.74, 6) is -0.000246. The monoisotopic (exact) mass is 329 g/mol. The average Bonchev–Trinajstić information content (AvgIpc) is 2.99. The molecule has 1 aromatic heterocycles. The highest BCUT2D eigenvalue weighted by Gasteiger charge is 2.29. The van der Waals surface area contributed by atoms with Crippen LogP contribution in [0.4, 0.5) is 0 Å². The molecule has 0 saturated carbocycles. The number of amides is 1. The van der Waals surface area contributed by atoms with Crippen LogP contribution in [0.3, 0.4) is 0 Å². The van der Waals surface area contributed by atoms with Crippen LogP contribution in [0.1, 0.15) is 31.1 Å². The number of aryl methyl sites for hydroxylation is 1. The molecule has 5 heteroatoms. The molecule has 0 atom stereocenters. The summed E-state index contributed by atoms with van der Waals surface area (Å²) in [4.78, 5) is 15.1. The Balaban J connectivity index is 1.73. The zero-order chi connectivity index (χ0) is 17.2. The normalized spacial score (nSPS) is 16.5. The average molecular weight is 329 g/mol. The van der Waals surface area contributed by atoms with Crippen molar-refractivity contribution in [1.29, 1.82) is 0 Å². The van der Waals surface area contributed by atoms with E-state index in [2.05, 4.69) is 41.6 Å². The van der Waals surface area contributed by atoms with Gasteiger partial charge in [-0.1, -0.05) is 18.2 Å². The van der Waals surface area contributed by atoms with Crippen molar-refractivity contribution in [2.75, 3.05) is 32.8 Å². The molecule has 1 aliphatic rings. The predicted octanol–water partition coefficient (Wildman–Crippen LogP) is 2.50. The molecular formula is C19H27N3O2. The van der Waals surface area contributed by atoms with E-state index in [1.807, 2.05) is 24.4 Å². The van der Waals surface area contributed by atoms with Crippen LogP contribution < -0.4 is 5.32 Å². The summed E-state index contributed by atoms with van der Waals surface area (Å²) in [6.07, 6.45) is 1.96. The molecule has 0 radical (unpaired) electrons. The lowest BCUT2D eigenvalue weighted by molar-refractivity contribution is -0.00922. The number of fused-ring (bicyclic) bond motifs is 1. The van der Waals surface area contributed by atoms with E-state index in [0.717, 1.165) is 49.3 Å². The lowest BCUT2D eigenvalue weighted by Gasteiger charge is -2.40. The first-order chi connectivity index (χ1) is 11.5. The minimum atomic E-state index is -0.0808. The fraction of sp³-hybridized carbons (Fsp3) is 0.526. The molecule has 1 aromatic carbocycles. The minimum Gasteiger partial charge on any atom is -0.379 e. The Hall–Kier alpha value is -1.85. The minimum absolute atomic E-state index is 0.000246. The van der Waals surface area contributed by atoms with Gasteiger partial charge in [-0.3, -0.25) is 9.69 Å². The van der Waals surface area contributed by atoms with Crippen LogP contribution in [-0.2, 0) is 11.3 Å². The van der Waals surface area contributed by atoms with Crippen molar-refractivity contribution >= 4 is 16.8 Å². The van der Waals surface area contributed by atoms with E-state index in [-0.39, 0.29) is 11.4 Å². The van der Waals surface area contributed by atoms with Gasteiger partial charge in [0.25, 0.3) is 5.91 Å². The number of nitrogens with zero attached hydrogens (tertiary/aromatic N) is 2. The topological polar surface area (TPSA) is 46.5 Å². The molecule has 2 aromatic rings. The maximum Gasteiger partial charge on any atom is 0.253 e. The van der Waals surface area contributed by atoms with E-state index in [1.54, 1.807) is 0 Å². The van der Waals surface area contributed by atoms with Crippen molar-refractivity contribution in [2.24, 2.45) is 0 Å². The second-order valence-corrected chi connectivity index (χ2v) is 6.94. The molecule has 5 nitrogen and oxygen atoms in total. The van der Waals surface area contributed by atoms with Gasteiger partial charge in [-0.25, -0.2) is 0 Å². The fourth-order valence-electron chi connectivity index (χ4n) is 3.36. The quantitative estimate of drug-likeness (QED) is 0.917. The zero-order valence-electron chi connectivity index (χ0n) is 14.8.